The fourth-order valence-electron chi connectivity index (χ4n) is 1.74. The number of nitrogens with zero attached hydrogens (tertiary/aromatic N) is 2. The van der Waals surface area contributed by atoms with E-state index in [1.807, 2.05) is 0 Å². The third-order valence-electron chi connectivity index (χ3n) is 2.66. The highest BCUT2D eigenvalue weighted by molar-refractivity contribution is 5.23. The van der Waals surface area contributed by atoms with E-state index >= 15 is 0 Å². The van der Waals surface area contributed by atoms with E-state index in [4.69, 9.17) is 10.5 Å². The number of anilines is 1. The molecule has 6 nitrogen and oxygen atoms in total. The van der Waals surface area contributed by atoms with Crippen LogP contribution in [0.3, 0.4) is 0 Å². The van der Waals surface area contributed by atoms with Gasteiger partial charge in [-0.05, 0) is 12.5 Å². The smallest absolute Gasteiger partial charge is 0.351 e. The van der Waals surface area contributed by atoms with Crippen LogP contribution in [-0.2, 0) is 4.74 Å². The molecule has 0 amide bonds. The Morgan fingerprint density at radius 2 is 2.50 bits per heavy atom. The Balaban J connectivity index is 2.20. The Hall–Kier alpha value is -1.40. The molecule has 1 aromatic heterocycles. The quantitative estimate of drug-likeness (QED) is 0.722. The summed E-state index contributed by atoms with van der Waals surface area (Å²) in [5.41, 5.74) is 5.06. The molecule has 0 radical (unpaired) electrons. The van der Waals surface area contributed by atoms with E-state index in [1.54, 1.807) is 12.3 Å². The van der Waals surface area contributed by atoms with Gasteiger partial charge in [-0.2, -0.15) is 4.98 Å². The van der Waals surface area contributed by atoms with E-state index < -0.39 is 0 Å². The van der Waals surface area contributed by atoms with E-state index in [0.717, 1.165) is 13.0 Å². The zero-order valence-electron chi connectivity index (χ0n) is 9.22. The molecule has 1 aliphatic rings. The zero-order chi connectivity index (χ0) is 11.5. The number of nitrogens with two attached hydrogens (primary N) is 1. The summed E-state index contributed by atoms with van der Waals surface area (Å²) in [7, 11) is 0. The number of nitrogen functional groups attached to an aromatic ring is 1. The molecule has 0 aliphatic carbocycles. The molecule has 1 aliphatic heterocycles. The van der Waals surface area contributed by atoms with Gasteiger partial charge in [0.15, 0.2) is 6.23 Å². The maximum Gasteiger partial charge on any atom is 0.351 e. The molecule has 6 heteroatoms. The maximum absolute atomic E-state index is 11.6. The van der Waals surface area contributed by atoms with Crippen molar-refractivity contribution in [1.82, 2.24) is 14.9 Å². The summed E-state index contributed by atoms with van der Waals surface area (Å²) in [6.07, 6.45) is 2.39. The minimum absolute atomic E-state index is 0.142. The summed E-state index contributed by atoms with van der Waals surface area (Å²) in [5.74, 6) is 0.233. The molecule has 0 bridgehead atoms. The van der Waals surface area contributed by atoms with Crippen molar-refractivity contribution in [3.8, 4) is 0 Å². The molecule has 0 aromatic carbocycles. The SMILES string of the molecule is CC[C@@H]1CNCC(n2ccc(N)nc2=O)O1. The molecule has 88 valence electrons. The van der Waals surface area contributed by atoms with Gasteiger partial charge in [0.05, 0.1) is 6.10 Å². The molecule has 1 unspecified atom stereocenters. The first-order valence-corrected chi connectivity index (χ1v) is 5.41. The Kier molecular flexibility index (Phi) is 3.21. The summed E-state index contributed by atoms with van der Waals surface area (Å²) in [6, 6.07) is 1.60. The molecule has 2 atom stereocenters. The van der Waals surface area contributed by atoms with Crippen molar-refractivity contribution in [1.29, 1.82) is 0 Å². The highest BCUT2D eigenvalue weighted by Gasteiger charge is 2.22. The molecule has 1 fully saturated rings. The van der Waals surface area contributed by atoms with Crippen LogP contribution in [0, 0.1) is 0 Å². The molecule has 1 aromatic rings. The number of morpholine rings is 1. The third kappa shape index (κ3) is 2.23. The summed E-state index contributed by atoms with van der Waals surface area (Å²) in [6.45, 7) is 3.49. The number of rotatable bonds is 2. The van der Waals surface area contributed by atoms with Gasteiger partial charge in [0.2, 0.25) is 0 Å². The number of hydrogen-bond donors (Lipinski definition) is 2. The van der Waals surface area contributed by atoms with Crippen molar-refractivity contribution in [2.75, 3.05) is 18.8 Å². The van der Waals surface area contributed by atoms with E-state index in [0.29, 0.717) is 6.54 Å². The van der Waals surface area contributed by atoms with Crippen molar-refractivity contribution in [3.05, 3.63) is 22.7 Å². The predicted molar refractivity (Wildman–Crippen MR) is 60.0 cm³/mol. The first-order chi connectivity index (χ1) is 7.70. The van der Waals surface area contributed by atoms with Crippen LogP contribution in [0.4, 0.5) is 5.82 Å². The number of ether oxygens (including phenoxy) is 1. The van der Waals surface area contributed by atoms with Gasteiger partial charge in [0.25, 0.3) is 0 Å². The Morgan fingerprint density at radius 1 is 1.69 bits per heavy atom. The average Bonchev–Trinajstić information content (AvgIpc) is 2.29. The lowest BCUT2D eigenvalue weighted by Crippen LogP contribution is -2.45. The average molecular weight is 224 g/mol. The molecule has 1 saturated heterocycles. The second kappa shape index (κ2) is 4.63. The minimum Gasteiger partial charge on any atom is -0.383 e. The molecule has 16 heavy (non-hydrogen) atoms. The monoisotopic (exact) mass is 224 g/mol. The van der Waals surface area contributed by atoms with E-state index in [1.165, 1.54) is 4.57 Å². The molecule has 3 N–H and O–H groups in total. The van der Waals surface area contributed by atoms with Crippen LogP contribution in [0.5, 0.6) is 0 Å². The van der Waals surface area contributed by atoms with Crippen LogP contribution < -0.4 is 16.7 Å². The van der Waals surface area contributed by atoms with E-state index in [2.05, 4.69) is 17.2 Å². The fourth-order valence-corrected chi connectivity index (χ4v) is 1.74. The first-order valence-electron chi connectivity index (χ1n) is 5.41. The molecule has 2 heterocycles. The highest BCUT2D eigenvalue weighted by atomic mass is 16.5. The summed E-state index contributed by atoms with van der Waals surface area (Å²) >= 11 is 0. The van der Waals surface area contributed by atoms with E-state index in [-0.39, 0.29) is 23.8 Å². The van der Waals surface area contributed by atoms with Gasteiger partial charge in [-0.1, -0.05) is 6.92 Å². The predicted octanol–water partition coefficient (Wildman–Crippen LogP) is -0.277. The van der Waals surface area contributed by atoms with Gasteiger partial charge in [-0.15, -0.1) is 0 Å². The molecular weight excluding hydrogens is 208 g/mol. The van der Waals surface area contributed by atoms with Gasteiger partial charge in [-0.25, -0.2) is 4.79 Å². The summed E-state index contributed by atoms with van der Waals surface area (Å²) < 4.78 is 7.23. The fraction of sp³-hybridized carbons (Fsp3) is 0.600. The van der Waals surface area contributed by atoms with E-state index in [9.17, 15) is 4.79 Å². The summed E-state index contributed by atoms with van der Waals surface area (Å²) in [5, 5.41) is 3.23. The summed E-state index contributed by atoms with van der Waals surface area (Å²) in [4.78, 5) is 15.3. The minimum atomic E-state index is -0.372. The van der Waals surface area contributed by atoms with Crippen LogP contribution in [0.25, 0.3) is 0 Å². The highest BCUT2D eigenvalue weighted by Crippen LogP contribution is 2.14. The van der Waals surface area contributed by atoms with Crippen molar-refractivity contribution in [3.63, 3.8) is 0 Å². The third-order valence-corrected chi connectivity index (χ3v) is 2.66. The van der Waals surface area contributed by atoms with Crippen LogP contribution in [0.1, 0.15) is 19.6 Å². The largest absolute Gasteiger partial charge is 0.383 e. The molecule has 2 rings (SSSR count). The lowest BCUT2D eigenvalue weighted by molar-refractivity contribution is -0.0798. The number of aromatic nitrogens is 2. The second-order valence-corrected chi connectivity index (χ2v) is 3.82. The topological polar surface area (TPSA) is 82.2 Å². The number of nitrogens with one attached hydrogen (secondary N) is 1. The van der Waals surface area contributed by atoms with Crippen LogP contribution >= 0.6 is 0 Å². The number of hydrogen-bond acceptors (Lipinski definition) is 5. The normalized spacial score (nSPS) is 25.6. The Morgan fingerprint density at radius 3 is 3.19 bits per heavy atom. The maximum atomic E-state index is 11.6. The Labute approximate surface area is 93.4 Å². The van der Waals surface area contributed by atoms with Gasteiger partial charge >= 0.3 is 5.69 Å². The van der Waals surface area contributed by atoms with Crippen molar-refractivity contribution in [2.45, 2.75) is 25.7 Å². The Bertz CT molecular complexity index is 418. The first kappa shape index (κ1) is 11.1. The van der Waals surface area contributed by atoms with Crippen molar-refractivity contribution >= 4 is 5.82 Å². The van der Waals surface area contributed by atoms with Crippen LogP contribution in [0.15, 0.2) is 17.1 Å². The lowest BCUT2D eigenvalue weighted by Gasteiger charge is -2.31. The van der Waals surface area contributed by atoms with Gasteiger partial charge in [0.1, 0.15) is 5.82 Å². The van der Waals surface area contributed by atoms with Gasteiger partial charge in [0, 0.05) is 19.3 Å². The van der Waals surface area contributed by atoms with Crippen LogP contribution in [0.2, 0.25) is 0 Å². The van der Waals surface area contributed by atoms with Gasteiger partial charge in [-0.3, -0.25) is 4.57 Å². The molecule has 0 spiro atoms. The second-order valence-electron chi connectivity index (χ2n) is 3.82. The molecule has 0 saturated carbocycles. The molecular formula is C10H16N4O2. The van der Waals surface area contributed by atoms with Crippen molar-refractivity contribution in [2.24, 2.45) is 0 Å². The zero-order valence-corrected chi connectivity index (χ0v) is 9.22. The van der Waals surface area contributed by atoms with Gasteiger partial charge < -0.3 is 15.8 Å². The standard InChI is InChI=1S/C10H16N4O2/c1-2-7-5-12-6-9(16-7)14-4-3-8(11)13-10(14)15/h3-4,7,9,12H,2,5-6H2,1H3,(H2,11,13,15)/t7-,9?/m1/s1. The van der Waals surface area contributed by atoms with Crippen molar-refractivity contribution < 1.29 is 4.74 Å². The lowest BCUT2D eigenvalue weighted by atomic mass is 10.2. The van der Waals surface area contributed by atoms with Crippen LogP contribution in [-0.4, -0.2) is 28.7 Å².